The maximum Gasteiger partial charge on any atom is 0.327 e. The van der Waals surface area contributed by atoms with E-state index in [4.69, 9.17) is 23.2 Å². The fourth-order valence-electron chi connectivity index (χ4n) is 3.66. The summed E-state index contributed by atoms with van der Waals surface area (Å²) in [7, 11) is 0. The normalized spacial score (nSPS) is 14.3. The van der Waals surface area contributed by atoms with Gasteiger partial charge in [-0.2, -0.15) is 4.57 Å². The molecule has 3 heterocycles. The number of carbonyl (C=O) groups excluding carboxylic acids is 2. The van der Waals surface area contributed by atoms with Crippen molar-refractivity contribution in [3.05, 3.63) is 80.4 Å². The molecule has 0 spiro atoms. The zero-order chi connectivity index (χ0) is 22.4. The Hall–Kier alpha value is -3.16. The summed E-state index contributed by atoms with van der Waals surface area (Å²) in [5.74, 6) is -0.959. The molecule has 0 radical (unpaired) electrons. The van der Waals surface area contributed by atoms with E-state index < -0.39 is 17.4 Å². The molecule has 0 saturated heterocycles. The van der Waals surface area contributed by atoms with Gasteiger partial charge in [-0.15, -0.1) is 0 Å². The number of hydrogen-bond acceptors (Lipinski definition) is 3. The number of benzene rings is 1. The van der Waals surface area contributed by atoms with E-state index in [1.165, 1.54) is 9.58 Å². The second-order valence-electron chi connectivity index (χ2n) is 7.43. The van der Waals surface area contributed by atoms with Gasteiger partial charge in [0.15, 0.2) is 12.4 Å². The summed E-state index contributed by atoms with van der Waals surface area (Å²) in [4.78, 5) is 41.1. The highest BCUT2D eigenvalue weighted by atomic mass is 35.5. The zero-order valence-corrected chi connectivity index (χ0v) is 18.5. The van der Waals surface area contributed by atoms with E-state index in [1.54, 1.807) is 74.1 Å². The van der Waals surface area contributed by atoms with Crippen molar-refractivity contribution in [3.8, 4) is 5.69 Å². The van der Waals surface area contributed by atoms with Gasteiger partial charge in [-0.05, 0) is 39.0 Å². The zero-order valence-electron chi connectivity index (χ0n) is 17.0. The SMILES string of the molecule is Cc1[nH]n(-c2ccc(Cl)c(Cl)c2)c(=O)c1C1=C([n+]2ccccc2)C(=O)N(C(C)C)C1=O. The van der Waals surface area contributed by atoms with E-state index in [-0.39, 0.29) is 27.9 Å². The van der Waals surface area contributed by atoms with Crippen molar-refractivity contribution >= 4 is 46.3 Å². The van der Waals surface area contributed by atoms with Crippen LogP contribution in [0.15, 0.2) is 53.6 Å². The number of aryl methyl sites for hydroxylation is 1. The first-order valence-corrected chi connectivity index (χ1v) is 10.3. The minimum absolute atomic E-state index is 0.0625. The Morgan fingerprint density at radius 2 is 1.65 bits per heavy atom. The number of halogens is 2. The van der Waals surface area contributed by atoms with Gasteiger partial charge in [-0.1, -0.05) is 29.3 Å². The highest BCUT2D eigenvalue weighted by molar-refractivity contribution is 6.44. The molecule has 0 fully saturated rings. The molecule has 0 saturated carbocycles. The summed E-state index contributed by atoms with van der Waals surface area (Å²) >= 11 is 12.1. The van der Waals surface area contributed by atoms with Crippen LogP contribution in [0.4, 0.5) is 0 Å². The standard InChI is InChI=1S/C22H18Cl2N4O3/c1-12(2)27-20(29)18(19(22(27)31)26-9-5-4-6-10-26)17-13(3)25-28(21(17)30)14-7-8-15(23)16(24)11-14/h4-12H,1-3H3/p+1. The second-order valence-corrected chi connectivity index (χ2v) is 8.25. The van der Waals surface area contributed by atoms with Crippen LogP contribution in [0.2, 0.25) is 10.0 Å². The number of carbonyl (C=O) groups is 2. The number of H-pyrrole nitrogens is 1. The third-order valence-electron chi connectivity index (χ3n) is 5.06. The minimum atomic E-state index is -0.508. The number of amides is 2. The minimum Gasteiger partial charge on any atom is -0.295 e. The molecule has 1 aliphatic heterocycles. The number of aromatic amines is 1. The van der Waals surface area contributed by atoms with E-state index in [9.17, 15) is 14.4 Å². The van der Waals surface area contributed by atoms with Gasteiger partial charge in [-0.3, -0.25) is 24.4 Å². The number of aromatic nitrogens is 3. The third kappa shape index (κ3) is 3.40. The van der Waals surface area contributed by atoms with Gasteiger partial charge in [0.25, 0.3) is 17.2 Å². The fraction of sp³-hybridized carbons (Fsp3) is 0.182. The first-order valence-electron chi connectivity index (χ1n) is 9.58. The molecule has 0 bridgehead atoms. The van der Waals surface area contributed by atoms with Crippen molar-refractivity contribution < 1.29 is 14.2 Å². The summed E-state index contributed by atoms with van der Waals surface area (Å²) in [5.41, 5.74) is 0.783. The van der Waals surface area contributed by atoms with E-state index in [1.807, 2.05) is 0 Å². The lowest BCUT2D eigenvalue weighted by Crippen LogP contribution is -2.42. The van der Waals surface area contributed by atoms with Gasteiger partial charge >= 0.3 is 5.91 Å². The van der Waals surface area contributed by atoms with Crippen molar-refractivity contribution in [1.82, 2.24) is 14.7 Å². The Morgan fingerprint density at radius 3 is 2.26 bits per heavy atom. The van der Waals surface area contributed by atoms with Crippen molar-refractivity contribution in [2.24, 2.45) is 0 Å². The van der Waals surface area contributed by atoms with Crippen molar-refractivity contribution in [2.75, 3.05) is 0 Å². The molecule has 1 N–H and O–H groups in total. The van der Waals surface area contributed by atoms with Gasteiger partial charge < -0.3 is 0 Å². The van der Waals surface area contributed by atoms with Crippen LogP contribution in [-0.4, -0.2) is 32.5 Å². The van der Waals surface area contributed by atoms with Gasteiger partial charge in [0, 0.05) is 23.9 Å². The quantitative estimate of drug-likeness (QED) is 0.482. The summed E-state index contributed by atoms with van der Waals surface area (Å²) in [6.45, 7) is 5.19. The van der Waals surface area contributed by atoms with Crippen molar-refractivity contribution in [2.45, 2.75) is 26.8 Å². The van der Waals surface area contributed by atoms with Crippen LogP contribution in [0.3, 0.4) is 0 Å². The van der Waals surface area contributed by atoms with E-state index in [2.05, 4.69) is 5.10 Å². The van der Waals surface area contributed by atoms with Crippen molar-refractivity contribution in [1.29, 1.82) is 0 Å². The Labute approximate surface area is 188 Å². The van der Waals surface area contributed by atoms with Crippen LogP contribution in [0.5, 0.6) is 0 Å². The fourth-order valence-corrected chi connectivity index (χ4v) is 3.96. The lowest BCUT2D eigenvalue weighted by atomic mass is 10.1. The molecule has 2 amide bonds. The number of rotatable bonds is 4. The van der Waals surface area contributed by atoms with Crippen LogP contribution < -0.4 is 10.1 Å². The third-order valence-corrected chi connectivity index (χ3v) is 5.80. The molecule has 31 heavy (non-hydrogen) atoms. The lowest BCUT2D eigenvalue weighted by molar-refractivity contribution is -0.576. The molecule has 0 aliphatic carbocycles. The van der Waals surface area contributed by atoms with Crippen LogP contribution in [0.25, 0.3) is 17.0 Å². The van der Waals surface area contributed by atoms with Crippen LogP contribution in [0, 0.1) is 6.92 Å². The van der Waals surface area contributed by atoms with Crippen LogP contribution in [-0.2, 0) is 9.59 Å². The summed E-state index contributed by atoms with van der Waals surface area (Å²) < 4.78 is 2.84. The molecule has 0 unspecified atom stereocenters. The number of nitrogens with one attached hydrogen (secondary N) is 1. The molecule has 1 aliphatic rings. The predicted octanol–water partition coefficient (Wildman–Crippen LogP) is 3.21. The highest BCUT2D eigenvalue weighted by Gasteiger charge is 2.48. The van der Waals surface area contributed by atoms with E-state index in [0.29, 0.717) is 16.4 Å². The number of hydrogen-bond donors (Lipinski definition) is 1. The maximum atomic E-state index is 13.4. The number of nitrogens with zero attached hydrogens (tertiary/aromatic N) is 3. The Balaban J connectivity index is 1.98. The predicted molar refractivity (Wildman–Crippen MR) is 118 cm³/mol. The average molecular weight is 458 g/mol. The van der Waals surface area contributed by atoms with Gasteiger partial charge in [-0.25, -0.2) is 4.68 Å². The molecule has 9 heteroatoms. The molecular formula is C22H19Cl2N4O3+. The topological polar surface area (TPSA) is 79.1 Å². The summed E-state index contributed by atoms with van der Waals surface area (Å²) in [5, 5.41) is 3.63. The molecule has 0 atom stereocenters. The summed E-state index contributed by atoms with van der Waals surface area (Å²) in [6, 6.07) is 9.70. The van der Waals surface area contributed by atoms with Crippen LogP contribution >= 0.6 is 23.2 Å². The highest BCUT2D eigenvalue weighted by Crippen LogP contribution is 2.31. The van der Waals surface area contributed by atoms with Gasteiger partial charge in [0.05, 0.1) is 21.3 Å². The largest absolute Gasteiger partial charge is 0.327 e. The first-order chi connectivity index (χ1) is 14.7. The second kappa shape index (κ2) is 7.83. The number of pyridine rings is 1. The smallest absolute Gasteiger partial charge is 0.295 e. The monoisotopic (exact) mass is 457 g/mol. The van der Waals surface area contributed by atoms with Gasteiger partial charge in [0.2, 0.25) is 0 Å². The van der Waals surface area contributed by atoms with Crippen molar-refractivity contribution in [3.63, 3.8) is 0 Å². The maximum absolute atomic E-state index is 13.4. The van der Waals surface area contributed by atoms with E-state index >= 15 is 0 Å². The number of imide groups is 1. The molecule has 1 aromatic carbocycles. The molecule has 4 rings (SSSR count). The average Bonchev–Trinajstić information content (AvgIpc) is 3.16. The Morgan fingerprint density at radius 1 is 0.968 bits per heavy atom. The Kier molecular flexibility index (Phi) is 5.33. The molecule has 2 aromatic heterocycles. The van der Waals surface area contributed by atoms with Gasteiger partial charge in [0.1, 0.15) is 5.57 Å². The summed E-state index contributed by atoms with van der Waals surface area (Å²) in [6.07, 6.45) is 3.34. The van der Waals surface area contributed by atoms with Crippen LogP contribution in [0.1, 0.15) is 25.1 Å². The molecule has 7 nitrogen and oxygen atoms in total. The molecular weight excluding hydrogens is 439 g/mol. The molecule has 158 valence electrons. The Bertz CT molecular complexity index is 1310. The lowest BCUT2D eigenvalue weighted by Gasteiger charge is -2.17. The van der Waals surface area contributed by atoms with E-state index in [0.717, 1.165) is 0 Å². The molecule has 3 aromatic rings. The first kappa shape index (κ1) is 21.1.